The number of nitrogens with one attached hydrogen (secondary N) is 1. The minimum atomic E-state index is -0.685. The summed E-state index contributed by atoms with van der Waals surface area (Å²) in [5, 5.41) is 16.9. The Labute approximate surface area is 171 Å². The van der Waals surface area contributed by atoms with Crippen LogP contribution >= 0.6 is 0 Å². The molecule has 4 aromatic rings. The second kappa shape index (κ2) is 8.26. The predicted octanol–water partition coefficient (Wildman–Crippen LogP) is 2.50. The maximum atomic E-state index is 13.6. The molecule has 0 saturated heterocycles. The van der Waals surface area contributed by atoms with Gasteiger partial charge in [-0.25, -0.2) is 14.4 Å². The van der Waals surface area contributed by atoms with Gasteiger partial charge in [0.05, 0.1) is 24.5 Å². The lowest BCUT2D eigenvalue weighted by atomic mass is 10.1. The van der Waals surface area contributed by atoms with E-state index in [1.54, 1.807) is 60.7 Å². The molecule has 1 atom stereocenters. The van der Waals surface area contributed by atoms with E-state index in [2.05, 4.69) is 20.4 Å². The van der Waals surface area contributed by atoms with Gasteiger partial charge in [-0.05, 0) is 29.8 Å². The lowest BCUT2D eigenvalue weighted by molar-refractivity contribution is 0.247. The fourth-order valence-electron chi connectivity index (χ4n) is 3.17. The molecule has 0 aliphatic rings. The minimum absolute atomic E-state index is 0.337. The fourth-order valence-corrected chi connectivity index (χ4v) is 3.17. The largest absolute Gasteiger partial charge is 0.394 e. The van der Waals surface area contributed by atoms with Gasteiger partial charge in [0.25, 0.3) is 5.56 Å². The summed E-state index contributed by atoms with van der Waals surface area (Å²) in [5.74, 6) is 0.668. The van der Waals surface area contributed by atoms with Crippen molar-refractivity contribution in [3.8, 4) is 11.3 Å². The van der Waals surface area contributed by atoms with E-state index in [9.17, 15) is 14.3 Å². The van der Waals surface area contributed by atoms with Crippen LogP contribution in [0.3, 0.4) is 0 Å². The Morgan fingerprint density at radius 2 is 2.03 bits per heavy atom. The summed E-state index contributed by atoms with van der Waals surface area (Å²) in [5.41, 5.74) is 1.33. The number of hydrogen-bond acceptors (Lipinski definition) is 6. The van der Waals surface area contributed by atoms with Gasteiger partial charge in [0.15, 0.2) is 0 Å². The van der Waals surface area contributed by atoms with Crippen LogP contribution in [0.25, 0.3) is 11.3 Å². The van der Waals surface area contributed by atoms with E-state index in [0.29, 0.717) is 22.8 Å². The number of pyridine rings is 1. The quantitative estimate of drug-likeness (QED) is 0.511. The zero-order valence-electron chi connectivity index (χ0n) is 16.1. The van der Waals surface area contributed by atoms with Crippen LogP contribution in [0.5, 0.6) is 0 Å². The highest BCUT2D eigenvalue weighted by Crippen LogP contribution is 2.21. The van der Waals surface area contributed by atoms with E-state index in [1.807, 2.05) is 0 Å². The standard InChI is InChI=1S/C21H19FN6O2/c1-27-19(6-9-24-27)26-21-23-8-5-17(25-21)14-7-10-28(20(30)12-14)18(13-29)15-3-2-4-16(22)11-15/h2-12,18,29H,13H2,1H3,(H,23,25,26). The number of halogens is 1. The monoisotopic (exact) mass is 406 g/mol. The van der Waals surface area contributed by atoms with Crippen molar-refractivity contribution < 1.29 is 9.50 Å². The topological polar surface area (TPSA) is 97.9 Å². The summed E-state index contributed by atoms with van der Waals surface area (Å²) in [7, 11) is 1.79. The number of rotatable bonds is 6. The summed E-state index contributed by atoms with van der Waals surface area (Å²) < 4.78 is 16.6. The van der Waals surface area contributed by atoms with Crippen molar-refractivity contribution in [1.29, 1.82) is 0 Å². The number of nitrogens with zero attached hydrogens (tertiary/aromatic N) is 5. The van der Waals surface area contributed by atoms with Gasteiger partial charge >= 0.3 is 0 Å². The van der Waals surface area contributed by atoms with Crippen LogP contribution in [-0.4, -0.2) is 36.0 Å². The lowest BCUT2D eigenvalue weighted by Crippen LogP contribution is -2.27. The predicted molar refractivity (Wildman–Crippen MR) is 110 cm³/mol. The Bertz CT molecular complexity index is 1240. The smallest absolute Gasteiger partial charge is 0.251 e. The molecule has 1 aromatic carbocycles. The normalized spacial score (nSPS) is 12.0. The fraction of sp³-hybridized carbons (Fsp3) is 0.143. The third kappa shape index (κ3) is 3.96. The Hall–Kier alpha value is -3.85. The van der Waals surface area contributed by atoms with Crippen molar-refractivity contribution in [1.82, 2.24) is 24.3 Å². The lowest BCUT2D eigenvalue weighted by Gasteiger charge is -2.18. The van der Waals surface area contributed by atoms with Gasteiger partial charge in [0, 0.05) is 37.1 Å². The molecular formula is C21H19FN6O2. The van der Waals surface area contributed by atoms with E-state index in [1.165, 1.54) is 22.8 Å². The Kier molecular flexibility index (Phi) is 5.36. The maximum Gasteiger partial charge on any atom is 0.251 e. The van der Waals surface area contributed by atoms with E-state index < -0.39 is 11.9 Å². The highest BCUT2D eigenvalue weighted by atomic mass is 19.1. The minimum Gasteiger partial charge on any atom is -0.394 e. The molecule has 4 rings (SSSR count). The van der Waals surface area contributed by atoms with Crippen LogP contribution in [0, 0.1) is 5.82 Å². The van der Waals surface area contributed by atoms with Crippen LogP contribution < -0.4 is 10.9 Å². The number of aromatic nitrogens is 5. The number of hydrogen-bond donors (Lipinski definition) is 2. The molecule has 0 aliphatic carbocycles. The first-order chi connectivity index (χ1) is 14.5. The molecule has 0 amide bonds. The third-order valence-corrected chi connectivity index (χ3v) is 4.70. The van der Waals surface area contributed by atoms with Gasteiger partial charge in [-0.2, -0.15) is 5.10 Å². The summed E-state index contributed by atoms with van der Waals surface area (Å²) >= 11 is 0. The van der Waals surface area contributed by atoms with Crippen LogP contribution in [-0.2, 0) is 7.05 Å². The van der Waals surface area contributed by atoms with E-state index in [0.717, 1.165) is 5.82 Å². The number of aryl methyl sites for hydroxylation is 1. The highest BCUT2D eigenvalue weighted by Gasteiger charge is 2.15. The Morgan fingerprint density at radius 3 is 2.73 bits per heavy atom. The molecule has 8 nitrogen and oxygen atoms in total. The Morgan fingerprint density at radius 1 is 1.17 bits per heavy atom. The van der Waals surface area contributed by atoms with Crippen LogP contribution in [0.1, 0.15) is 11.6 Å². The molecule has 1 unspecified atom stereocenters. The average Bonchev–Trinajstić information content (AvgIpc) is 3.14. The molecule has 0 aliphatic heterocycles. The zero-order chi connectivity index (χ0) is 21.1. The summed E-state index contributed by atoms with van der Waals surface area (Å²) in [6.07, 6.45) is 4.82. The number of aliphatic hydroxyl groups excluding tert-OH is 1. The molecule has 0 spiro atoms. The third-order valence-electron chi connectivity index (χ3n) is 4.70. The molecular weight excluding hydrogens is 387 g/mol. The zero-order valence-corrected chi connectivity index (χ0v) is 16.1. The summed E-state index contributed by atoms with van der Waals surface area (Å²) in [4.78, 5) is 21.4. The summed E-state index contributed by atoms with van der Waals surface area (Å²) in [6, 6.07) is 11.8. The van der Waals surface area contributed by atoms with E-state index in [4.69, 9.17) is 0 Å². The van der Waals surface area contributed by atoms with Gasteiger partial charge in [-0.3, -0.25) is 9.48 Å². The van der Waals surface area contributed by atoms with Crippen molar-refractivity contribution in [2.24, 2.45) is 7.05 Å². The second-order valence-corrected chi connectivity index (χ2v) is 6.64. The number of aliphatic hydroxyl groups is 1. The first kappa shape index (κ1) is 19.5. The van der Waals surface area contributed by atoms with Crippen molar-refractivity contribution in [2.75, 3.05) is 11.9 Å². The maximum absolute atomic E-state index is 13.6. The van der Waals surface area contributed by atoms with Gasteiger partial charge in [-0.15, -0.1) is 0 Å². The summed E-state index contributed by atoms with van der Waals surface area (Å²) in [6.45, 7) is -0.338. The van der Waals surface area contributed by atoms with Gasteiger partial charge in [0.2, 0.25) is 5.95 Å². The van der Waals surface area contributed by atoms with E-state index >= 15 is 0 Å². The highest BCUT2D eigenvalue weighted by molar-refractivity contribution is 5.60. The molecule has 152 valence electrons. The van der Waals surface area contributed by atoms with Gasteiger partial charge < -0.3 is 15.0 Å². The molecule has 9 heteroatoms. The molecule has 3 aromatic heterocycles. The van der Waals surface area contributed by atoms with Crippen molar-refractivity contribution in [3.63, 3.8) is 0 Å². The van der Waals surface area contributed by atoms with E-state index in [-0.39, 0.29) is 12.2 Å². The van der Waals surface area contributed by atoms with Crippen molar-refractivity contribution in [2.45, 2.75) is 6.04 Å². The molecule has 30 heavy (non-hydrogen) atoms. The SMILES string of the molecule is Cn1nccc1Nc1nccc(-c2ccn(C(CO)c3cccc(F)c3)c(=O)c2)n1. The van der Waals surface area contributed by atoms with Crippen LogP contribution in [0.2, 0.25) is 0 Å². The molecule has 0 saturated carbocycles. The first-order valence-corrected chi connectivity index (χ1v) is 9.22. The van der Waals surface area contributed by atoms with Crippen LogP contribution in [0.4, 0.5) is 16.2 Å². The van der Waals surface area contributed by atoms with Crippen LogP contribution in [0.15, 0.2) is 71.9 Å². The Balaban J connectivity index is 1.64. The molecule has 2 N–H and O–H groups in total. The molecule has 0 bridgehead atoms. The second-order valence-electron chi connectivity index (χ2n) is 6.64. The van der Waals surface area contributed by atoms with Crippen molar-refractivity contribution in [3.05, 3.63) is 88.9 Å². The number of anilines is 2. The number of benzene rings is 1. The van der Waals surface area contributed by atoms with Gasteiger partial charge in [0.1, 0.15) is 11.6 Å². The van der Waals surface area contributed by atoms with Crippen molar-refractivity contribution >= 4 is 11.8 Å². The molecule has 0 fully saturated rings. The van der Waals surface area contributed by atoms with Gasteiger partial charge in [-0.1, -0.05) is 12.1 Å². The first-order valence-electron chi connectivity index (χ1n) is 9.22. The molecule has 0 radical (unpaired) electrons. The molecule has 3 heterocycles. The average molecular weight is 406 g/mol.